The maximum atomic E-state index is 12.8. The van der Waals surface area contributed by atoms with Gasteiger partial charge in [-0.2, -0.15) is 0 Å². The van der Waals surface area contributed by atoms with Gasteiger partial charge in [-0.25, -0.2) is 9.59 Å². The van der Waals surface area contributed by atoms with E-state index in [2.05, 4.69) is 34.9 Å². The van der Waals surface area contributed by atoms with Crippen LogP contribution in [0.2, 0.25) is 0 Å². The second kappa shape index (κ2) is 9.67. The molecule has 9 nitrogen and oxygen atoms in total. The molecule has 2 saturated heterocycles. The van der Waals surface area contributed by atoms with Crippen LogP contribution in [0, 0.1) is 5.92 Å². The molecule has 0 radical (unpaired) electrons. The van der Waals surface area contributed by atoms with Crippen molar-refractivity contribution in [2.45, 2.75) is 30.4 Å². The molecule has 1 unspecified atom stereocenters. The quantitative estimate of drug-likeness (QED) is 0.556. The lowest BCUT2D eigenvalue weighted by Gasteiger charge is -2.27. The zero-order valence-corrected chi connectivity index (χ0v) is 19.2. The number of aliphatic carboxylic acids is 1. The molecule has 184 valence electrons. The molecule has 9 heteroatoms. The number of rotatable bonds is 7. The van der Waals surface area contributed by atoms with E-state index in [9.17, 15) is 19.5 Å². The van der Waals surface area contributed by atoms with Crippen molar-refractivity contribution in [2.75, 3.05) is 33.0 Å². The summed E-state index contributed by atoms with van der Waals surface area (Å²) in [6.07, 6.45) is -0.647. The maximum Gasteiger partial charge on any atom is 0.407 e. The maximum absolute atomic E-state index is 12.8. The zero-order valence-electron chi connectivity index (χ0n) is 19.2. The largest absolute Gasteiger partial charge is 0.479 e. The minimum absolute atomic E-state index is 0.0395. The van der Waals surface area contributed by atoms with Crippen LogP contribution in [0.5, 0.6) is 0 Å². The third kappa shape index (κ3) is 4.49. The second-order valence-corrected chi connectivity index (χ2v) is 9.23. The normalized spacial score (nSPS) is 25.0. The number of carbonyl (C=O) groups excluding carboxylic acids is 2. The lowest BCUT2D eigenvalue weighted by Crippen LogP contribution is -2.58. The third-order valence-corrected chi connectivity index (χ3v) is 7.12. The average molecular weight is 481 g/mol. The van der Waals surface area contributed by atoms with Gasteiger partial charge in [0.1, 0.15) is 12.7 Å². The van der Waals surface area contributed by atoms with E-state index in [-0.39, 0.29) is 44.6 Å². The van der Waals surface area contributed by atoms with Crippen molar-refractivity contribution in [1.82, 2.24) is 10.6 Å². The first-order valence-corrected chi connectivity index (χ1v) is 11.8. The standard InChI is InChI=1S/C26H28N2O7/c29-23(28-26(24(30)31)10-12-33-15-26)22-16(9-11-34-22)13-27-25(32)35-14-21-19-7-3-1-5-17(19)18-6-2-4-8-20(18)21/h1-8,16,21-22H,9-15H2,(H,27,32)(H,28,29)(H,30,31)/t16-,22-,26?/m0/s1. The summed E-state index contributed by atoms with van der Waals surface area (Å²) in [7, 11) is 0. The summed E-state index contributed by atoms with van der Waals surface area (Å²) in [6, 6.07) is 16.2. The number of hydrogen-bond donors (Lipinski definition) is 3. The first-order chi connectivity index (χ1) is 17.0. The van der Waals surface area contributed by atoms with Crippen LogP contribution < -0.4 is 10.6 Å². The zero-order chi connectivity index (χ0) is 24.4. The Labute approximate surface area is 202 Å². The van der Waals surface area contributed by atoms with Crippen LogP contribution in [-0.4, -0.2) is 67.7 Å². The summed E-state index contributed by atoms with van der Waals surface area (Å²) in [5.41, 5.74) is 3.13. The van der Waals surface area contributed by atoms with Gasteiger partial charge in [0.2, 0.25) is 5.91 Å². The van der Waals surface area contributed by atoms with Gasteiger partial charge in [0.25, 0.3) is 0 Å². The number of carbonyl (C=O) groups is 3. The number of ether oxygens (including phenoxy) is 3. The van der Waals surface area contributed by atoms with Gasteiger partial charge in [-0.1, -0.05) is 48.5 Å². The Morgan fingerprint density at radius 3 is 2.34 bits per heavy atom. The SMILES string of the molecule is O=C(NC[C@@H]1CCO[C@@H]1C(=O)NC1(C(=O)O)CCOC1)OCC1c2ccccc2-c2ccccc21. The smallest absolute Gasteiger partial charge is 0.407 e. The van der Waals surface area contributed by atoms with Crippen LogP contribution in [0.1, 0.15) is 29.9 Å². The van der Waals surface area contributed by atoms with Crippen LogP contribution in [0.4, 0.5) is 4.79 Å². The minimum atomic E-state index is -1.44. The van der Waals surface area contributed by atoms with Crippen LogP contribution in [0.15, 0.2) is 48.5 Å². The summed E-state index contributed by atoms with van der Waals surface area (Å²) < 4.78 is 16.3. The number of hydrogen-bond acceptors (Lipinski definition) is 6. The summed E-state index contributed by atoms with van der Waals surface area (Å²) >= 11 is 0. The molecular weight excluding hydrogens is 452 g/mol. The Morgan fingerprint density at radius 1 is 1.03 bits per heavy atom. The highest BCUT2D eigenvalue weighted by molar-refractivity contribution is 5.90. The van der Waals surface area contributed by atoms with Crippen LogP contribution >= 0.6 is 0 Å². The predicted octanol–water partition coefficient (Wildman–Crippen LogP) is 2.29. The number of carboxylic acid groups (broad SMARTS) is 1. The van der Waals surface area contributed by atoms with Crippen molar-refractivity contribution >= 4 is 18.0 Å². The van der Waals surface area contributed by atoms with Gasteiger partial charge in [-0.05, 0) is 28.7 Å². The Bertz CT molecular complexity index is 1080. The first kappa shape index (κ1) is 23.3. The summed E-state index contributed by atoms with van der Waals surface area (Å²) in [4.78, 5) is 37.0. The molecule has 2 amide bonds. The van der Waals surface area contributed by atoms with Gasteiger partial charge in [0, 0.05) is 38.0 Å². The van der Waals surface area contributed by atoms with Crippen molar-refractivity contribution in [1.29, 1.82) is 0 Å². The Hall–Kier alpha value is -3.43. The molecule has 2 aromatic carbocycles. The molecule has 3 atom stereocenters. The fourth-order valence-electron chi connectivity index (χ4n) is 5.19. The van der Waals surface area contributed by atoms with E-state index >= 15 is 0 Å². The summed E-state index contributed by atoms with van der Waals surface area (Å²) in [5, 5.41) is 14.9. The van der Waals surface area contributed by atoms with Crippen molar-refractivity contribution in [3.63, 3.8) is 0 Å². The van der Waals surface area contributed by atoms with E-state index in [1.807, 2.05) is 24.3 Å². The van der Waals surface area contributed by atoms with E-state index in [1.54, 1.807) is 0 Å². The topological polar surface area (TPSA) is 123 Å². The number of nitrogens with one attached hydrogen (secondary N) is 2. The van der Waals surface area contributed by atoms with Gasteiger partial charge in [0.05, 0.1) is 6.61 Å². The monoisotopic (exact) mass is 480 g/mol. The molecule has 2 heterocycles. The Balaban J connectivity index is 1.16. The molecule has 2 aromatic rings. The van der Waals surface area contributed by atoms with Gasteiger partial charge >= 0.3 is 12.1 Å². The van der Waals surface area contributed by atoms with Gasteiger partial charge in [-0.3, -0.25) is 4.79 Å². The van der Waals surface area contributed by atoms with Gasteiger partial charge in [-0.15, -0.1) is 0 Å². The van der Waals surface area contributed by atoms with Crippen molar-refractivity contribution in [2.24, 2.45) is 5.92 Å². The molecule has 2 aliphatic heterocycles. The van der Waals surface area contributed by atoms with Crippen LogP contribution in [0.3, 0.4) is 0 Å². The number of fused-ring (bicyclic) bond motifs is 3. The molecule has 35 heavy (non-hydrogen) atoms. The highest BCUT2D eigenvalue weighted by Gasteiger charge is 2.46. The van der Waals surface area contributed by atoms with E-state index < -0.39 is 29.6 Å². The van der Waals surface area contributed by atoms with Crippen molar-refractivity contribution in [3.8, 4) is 11.1 Å². The molecule has 1 aliphatic carbocycles. The Morgan fingerprint density at radius 2 is 1.71 bits per heavy atom. The van der Waals surface area contributed by atoms with E-state index in [1.165, 1.54) is 0 Å². The van der Waals surface area contributed by atoms with E-state index in [0.717, 1.165) is 22.3 Å². The molecule has 2 fully saturated rings. The summed E-state index contributed by atoms with van der Waals surface area (Å²) in [6.45, 7) is 0.928. The first-order valence-electron chi connectivity index (χ1n) is 11.8. The van der Waals surface area contributed by atoms with Crippen molar-refractivity contribution < 1.29 is 33.7 Å². The van der Waals surface area contributed by atoms with Gasteiger partial charge < -0.3 is 30.0 Å². The number of carboxylic acids is 1. The summed E-state index contributed by atoms with van der Waals surface area (Å²) in [5.74, 6) is -1.96. The predicted molar refractivity (Wildman–Crippen MR) is 125 cm³/mol. The molecule has 3 N–H and O–H groups in total. The van der Waals surface area contributed by atoms with E-state index in [4.69, 9.17) is 14.2 Å². The number of alkyl carbamates (subject to hydrolysis) is 1. The molecular formula is C26H28N2O7. The molecule has 0 aromatic heterocycles. The molecule has 0 saturated carbocycles. The van der Waals surface area contributed by atoms with Gasteiger partial charge in [0.15, 0.2) is 5.54 Å². The average Bonchev–Trinajstić information content (AvgIpc) is 3.60. The fraction of sp³-hybridized carbons (Fsp3) is 0.423. The number of amides is 2. The Kier molecular flexibility index (Phi) is 6.44. The molecule has 0 spiro atoms. The highest BCUT2D eigenvalue weighted by atomic mass is 16.5. The second-order valence-electron chi connectivity index (χ2n) is 9.23. The van der Waals surface area contributed by atoms with Crippen LogP contribution in [-0.2, 0) is 23.8 Å². The van der Waals surface area contributed by atoms with Crippen LogP contribution in [0.25, 0.3) is 11.1 Å². The van der Waals surface area contributed by atoms with Crippen molar-refractivity contribution in [3.05, 3.63) is 59.7 Å². The third-order valence-electron chi connectivity index (χ3n) is 7.12. The molecule has 5 rings (SSSR count). The van der Waals surface area contributed by atoms with E-state index in [0.29, 0.717) is 13.0 Å². The lowest BCUT2D eigenvalue weighted by atomic mass is 9.96. The fourth-order valence-corrected chi connectivity index (χ4v) is 5.19. The molecule has 3 aliphatic rings. The molecule has 0 bridgehead atoms. The number of benzene rings is 2. The highest BCUT2D eigenvalue weighted by Crippen LogP contribution is 2.44. The minimum Gasteiger partial charge on any atom is -0.479 e. The lowest BCUT2D eigenvalue weighted by molar-refractivity contribution is -0.149.